The van der Waals surface area contributed by atoms with Gasteiger partial charge in [0.05, 0.1) is 6.54 Å². The van der Waals surface area contributed by atoms with Gasteiger partial charge in [-0.2, -0.15) is 0 Å². The van der Waals surface area contributed by atoms with Crippen molar-refractivity contribution in [2.45, 2.75) is 13.3 Å². The molecule has 1 aromatic rings. The van der Waals surface area contributed by atoms with E-state index in [1.807, 2.05) is 37.3 Å². The van der Waals surface area contributed by atoms with Crippen molar-refractivity contribution in [2.75, 3.05) is 18.0 Å². The van der Waals surface area contributed by atoms with Crippen LogP contribution < -0.4 is 4.90 Å². The summed E-state index contributed by atoms with van der Waals surface area (Å²) in [5.41, 5.74) is 0.852. The molecule has 72 valence electrons. The first-order valence-electron chi connectivity index (χ1n) is 4.32. The third kappa shape index (κ3) is 3.01. The Morgan fingerprint density at radius 2 is 1.85 bits per heavy atom. The van der Waals surface area contributed by atoms with Crippen LogP contribution in [0.2, 0.25) is 0 Å². The molecule has 0 spiro atoms. The molecule has 0 aliphatic rings. The standard InChI is InChI=1S/C10H13F2N/c1-2-13(8-10(11)12)9-6-4-3-5-7-9/h3-7,10H,2,8H2,1H3. The molecule has 0 amide bonds. The Hall–Kier alpha value is -1.12. The van der Waals surface area contributed by atoms with Crippen LogP contribution in [0.4, 0.5) is 14.5 Å². The van der Waals surface area contributed by atoms with Crippen molar-refractivity contribution >= 4 is 5.69 Å². The lowest BCUT2D eigenvalue weighted by Crippen LogP contribution is -2.28. The highest BCUT2D eigenvalue weighted by Crippen LogP contribution is 2.13. The minimum absolute atomic E-state index is 0.194. The maximum Gasteiger partial charge on any atom is 0.255 e. The van der Waals surface area contributed by atoms with Gasteiger partial charge in [0.25, 0.3) is 6.43 Å². The van der Waals surface area contributed by atoms with Crippen LogP contribution in [0.1, 0.15) is 6.92 Å². The third-order valence-electron chi connectivity index (χ3n) is 1.86. The average molecular weight is 185 g/mol. The number of rotatable bonds is 4. The predicted octanol–water partition coefficient (Wildman–Crippen LogP) is 2.78. The molecule has 0 saturated heterocycles. The summed E-state index contributed by atoms with van der Waals surface area (Å²) in [4.78, 5) is 1.66. The van der Waals surface area contributed by atoms with Crippen molar-refractivity contribution in [1.82, 2.24) is 0 Å². The van der Waals surface area contributed by atoms with E-state index in [2.05, 4.69) is 0 Å². The van der Waals surface area contributed by atoms with E-state index in [1.54, 1.807) is 4.90 Å². The quantitative estimate of drug-likeness (QED) is 0.697. The first kappa shape index (κ1) is 9.96. The zero-order valence-corrected chi connectivity index (χ0v) is 7.58. The van der Waals surface area contributed by atoms with Crippen molar-refractivity contribution in [1.29, 1.82) is 0 Å². The fraction of sp³-hybridized carbons (Fsp3) is 0.400. The Bertz CT molecular complexity index is 236. The molecule has 13 heavy (non-hydrogen) atoms. The van der Waals surface area contributed by atoms with Crippen molar-refractivity contribution in [3.05, 3.63) is 30.3 Å². The Labute approximate surface area is 77.0 Å². The zero-order valence-electron chi connectivity index (χ0n) is 7.58. The summed E-state index contributed by atoms with van der Waals surface area (Å²) in [5, 5.41) is 0. The van der Waals surface area contributed by atoms with Gasteiger partial charge in [-0.25, -0.2) is 8.78 Å². The lowest BCUT2D eigenvalue weighted by molar-refractivity contribution is 0.155. The molecular formula is C10H13F2N. The molecule has 1 aromatic carbocycles. The molecule has 0 aliphatic heterocycles. The molecule has 1 nitrogen and oxygen atoms in total. The molecule has 0 bridgehead atoms. The van der Waals surface area contributed by atoms with E-state index in [1.165, 1.54) is 0 Å². The van der Waals surface area contributed by atoms with E-state index in [4.69, 9.17) is 0 Å². The SMILES string of the molecule is CCN(CC(F)F)c1ccccc1. The summed E-state index contributed by atoms with van der Waals surface area (Å²) in [6.45, 7) is 2.28. The molecule has 0 aromatic heterocycles. The third-order valence-corrected chi connectivity index (χ3v) is 1.86. The number of benzene rings is 1. The van der Waals surface area contributed by atoms with E-state index < -0.39 is 6.43 Å². The number of hydrogen-bond acceptors (Lipinski definition) is 1. The molecule has 0 atom stereocenters. The molecule has 0 radical (unpaired) electrons. The van der Waals surface area contributed by atoms with Gasteiger partial charge in [-0.15, -0.1) is 0 Å². The summed E-state index contributed by atoms with van der Waals surface area (Å²) >= 11 is 0. The molecule has 0 fully saturated rings. The average Bonchev–Trinajstić information content (AvgIpc) is 2.15. The van der Waals surface area contributed by atoms with Crippen molar-refractivity contribution in [2.24, 2.45) is 0 Å². The van der Waals surface area contributed by atoms with E-state index in [0.29, 0.717) is 6.54 Å². The van der Waals surface area contributed by atoms with Crippen LogP contribution in [0.3, 0.4) is 0 Å². The lowest BCUT2D eigenvalue weighted by atomic mass is 10.3. The molecule has 0 N–H and O–H groups in total. The first-order valence-corrected chi connectivity index (χ1v) is 4.32. The Balaban J connectivity index is 2.67. The van der Waals surface area contributed by atoms with Gasteiger partial charge >= 0.3 is 0 Å². The van der Waals surface area contributed by atoms with E-state index in [-0.39, 0.29) is 6.54 Å². The first-order chi connectivity index (χ1) is 6.24. The second kappa shape index (κ2) is 4.80. The largest absolute Gasteiger partial charge is 0.366 e. The van der Waals surface area contributed by atoms with Crippen molar-refractivity contribution < 1.29 is 8.78 Å². The van der Waals surface area contributed by atoms with E-state index >= 15 is 0 Å². The molecular weight excluding hydrogens is 172 g/mol. The van der Waals surface area contributed by atoms with Gasteiger partial charge in [0, 0.05) is 12.2 Å². The zero-order chi connectivity index (χ0) is 9.68. The second-order valence-corrected chi connectivity index (χ2v) is 2.77. The van der Waals surface area contributed by atoms with Gasteiger partial charge in [-0.1, -0.05) is 18.2 Å². The number of anilines is 1. The molecule has 3 heteroatoms. The van der Waals surface area contributed by atoms with Crippen LogP contribution in [0.5, 0.6) is 0 Å². The highest BCUT2D eigenvalue weighted by molar-refractivity contribution is 5.45. The van der Waals surface area contributed by atoms with Gasteiger partial charge in [0.2, 0.25) is 0 Å². The summed E-state index contributed by atoms with van der Waals surface area (Å²) in [7, 11) is 0. The van der Waals surface area contributed by atoms with E-state index in [0.717, 1.165) is 5.69 Å². The van der Waals surface area contributed by atoms with Crippen molar-refractivity contribution in [3.63, 3.8) is 0 Å². The Morgan fingerprint density at radius 3 is 2.31 bits per heavy atom. The Kier molecular flexibility index (Phi) is 3.68. The molecule has 0 heterocycles. The highest BCUT2D eigenvalue weighted by atomic mass is 19.3. The minimum atomic E-state index is -2.28. The summed E-state index contributed by atoms with van der Waals surface area (Å²) in [5.74, 6) is 0. The molecule has 0 aliphatic carbocycles. The maximum absolute atomic E-state index is 12.1. The summed E-state index contributed by atoms with van der Waals surface area (Å²) in [6.07, 6.45) is -2.28. The number of nitrogens with zero attached hydrogens (tertiary/aromatic N) is 1. The Morgan fingerprint density at radius 1 is 1.23 bits per heavy atom. The highest BCUT2D eigenvalue weighted by Gasteiger charge is 2.09. The van der Waals surface area contributed by atoms with Crippen molar-refractivity contribution in [3.8, 4) is 0 Å². The second-order valence-electron chi connectivity index (χ2n) is 2.77. The van der Waals surface area contributed by atoms with Gasteiger partial charge in [-0.3, -0.25) is 0 Å². The summed E-state index contributed by atoms with van der Waals surface area (Å²) in [6, 6.07) is 9.25. The lowest BCUT2D eigenvalue weighted by Gasteiger charge is -2.22. The number of para-hydroxylation sites is 1. The normalized spacial score (nSPS) is 10.5. The minimum Gasteiger partial charge on any atom is -0.366 e. The van der Waals surface area contributed by atoms with Gasteiger partial charge in [0.15, 0.2) is 0 Å². The number of halogens is 2. The number of hydrogen-bond donors (Lipinski definition) is 0. The molecule has 0 saturated carbocycles. The topological polar surface area (TPSA) is 3.24 Å². The van der Waals surface area contributed by atoms with Gasteiger partial charge < -0.3 is 4.90 Å². The van der Waals surface area contributed by atoms with Crippen LogP contribution in [-0.4, -0.2) is 19.5 Å². The van der Waals surface area contributed by atoms with Crippen LogP contribution in [-0.2, 0) is 0 Å². The van der Waals surface area contributed by atoms with Gasteiger partial charge in [0.1, 0.15) is 0 Å². The van der Waals surface area contributed by atoms with Crippen LogP contribution in [0, 0.1) is 0 Å². The monoisotopic (exact) mass is 185 g/mol. The maximum atomic E-state index is 12.1. The smallest absolute Gasteiger partial charge is 0.255 e. The van der Waals surface area contributed by atoms with Crippen LogP contribution >= 0.6 is 0 Å². The van der Waals surface area contributed by atoms with Crippen LogP contribution in [0.25, 0.3) is 0 Å². The fourth-order valence-electron chi connectivity index (χ4n) is 1.22. The van der Waals surface area contributed by atoms with Crippen LogP contribution in [0.15, 0.2) is 30.3 Å². The summed E-state index contributed by atoms with van der Waals surface area (Å²) < 4.78 is 24.2. The number of alkyl halides is 2. The molecule has 1 rings (SSSR count). The fourth-order valence-corrected chi connectivity index (χ4v) is 1.22. The van der Waals surface area contributed by atoms with Gasteiger partial charge in [-0.05, 0) is 19.1 Å². The van der Waals surface area contributed by atoms with E-state index in [9.17, 15) is 8.78 Å². The molecule has 0 unspecified atom stereocenters. The predicted molar refractivity (Wildman–Crippen MR) is 50.3 cm³/mol.